The van der Waals surface area contributed by atoms with Crippen molar-refractivity contribution in [2.24, 2.45) is 0 Å². The second-order valence-corrected chi connectivity index (χ2v) is 6.49. The minimum atomic E-state index is -0.511. The number of hydrogen-bond donors (Lipinski definition) is 2. The van der Waals surface area contributed by atoms with Gasteiger partial charge in [-0.2, -0.15) is 5.21 Å². The Kier molecular flexibility index (Phi) is 5.41. The molecular formula is C20H23N5O. The van der Waals surface area contributed by atoms with Gasteiger partial charge in [-0.25, -0.2) is 0 Å². The summed E-state index contributed by atoms with van der Waals surface area (Å²) in [6.07, 6.45) is 1.50. The number of H-pyrrole nitrogens is 1. The van der Waals surface area contributed by atoms with Crippen molar-refractivity contribution in [3.63, 3.8) is 0 Å². The third kappa shape index (κ3) is 4.14. The molecule has 0 saturated heterocycles. The number of rotatable bonds is 6. The zero-order chi connectivity index (χ0) is 18.5. The Labute approximate surface area is 153 Å². The molecule has 2 aromatic carbocycles. The molecule has 6 heteroatoms. The average molecular weight is 349 g/mol. The van der Waals surface area contributed by atoms with Crippen LogP contribution in [-0.2, 0) is 17.6 Å². The number of aryl methyl sites for hydroxylation is 3. The Bertz CT molecular complexity index is 872. The van der Waals surface area contributed by atoms with Gasteiger partial charge in [0.1, 0.15) is 5.92 Å². The third-order valence-corrected chi connectivity index (χ3v) is 4.64. The zero-order valence-electron chi connectivity index (χ0n) is 15.3. The fraction of sp³-hybridized carbons (Fsp3) is 0.300. The van der Waals surface area contributed by atoms with E-state index in [2.05, 4.69) is 57.1 Å². The predicted octanol–water partition coefficient (Wildman–Crippen LogP) is 3.34. The number of nitrogens with zero attached hydrogens (tertiary/aromatic N) is 3. The predicted molar refractivity (Wildman–Crippen MR) is 101 cm³/mol. The van der Waals surface area contributed by atoms with Gasteiger partial charge >= 0.3 is 0 Å². The molecular weight excluding hydrogens is 326 g/mol. The molecule has 0 spiro atoms. The molecule has 3 aromatic rings. The fourth-order valence-electron chi connectivity index (χ4n) is 2.81. The van der Waals surface area contributed by atoms with Crippen molar-refractivity contribution >= 4 is 11.6 Å². The number of aromatic nitrogens is 4. The molecule has 0 fully saturated rings. The Balaban J connectivity index is 1.81. The molecule has 0 aliphatic heterocycles. The van der Waals surface area contributed by atoms with Crippen LogP contribution in [0, 0.1) is 13.8 Å². The number of carbonyl (C=O) groups is 1. The first kappa shape index (κ1) is 17.8. The molecule has 1 heterocycles. The van der Waals surface area contributed by atoms with Gasteiger partial charge in [0.15, 0.2) is 5.82 Å². The third-order valence-electron chi connectivity index (χ3n) is 4.64. The number of aromatic amines is 1. The number of hydrogen-bond acceptors (Lipinski definition) is 4. The summed E-state index contributed by atoms with van der Waals surface area (Å²) in [7, 11) is 0. The molecule has 1 unspecified atom stereocenters. The van der Waals surface area contributed by atoms with E-state index in [1.165, 1.54) is 11.1 Å². The molecule has 0 radical (unpaired) electrons. The quantitative estimate of drug-likeness (QED) is 0.715. The van der Waals surface area contributed by atoms with E-state index in [9.17, 15) is 4.79 Å². The summed E-state index contributed by atoms with van der Waals surface area (Å²) in [5.74, 6) is -0.261. The number of amides is 1. The lowest BCUT2D eigenvalue weighted by atomic mass is 9.96. The molecule has 1 amide bonds. The van der Waals surface area contributed by atoms with Crippen LogP contribution in [0.2, 0.25) is 0 Å². The van der Waals surface area contributed by atoms with Crippen molar-refractivity contribution in [2.45, 2.75) is 39.5 Å². The second-order valence-electron chi connectivity index (χ2n) is 6.49. The lowest BCUT2D eigenvalue weighted by Crippen LogP contribution is -2.24. The first-order valence-corrected chi connectivity index (χ1v) is 8.76. The zero-order valence-corrected chi connectivity index (χ0v) is 15.3. The van der Waals surface area contributed by atoms with Crippen LogP contribution < -0.4 is 5.32 Å². The number of benzene rings is 2. The minimum Gasteiger partial charge on any atom is -0.325 e. The monoisotopic (exact) mass is 349 g/mol. The van der Waals surface area contributed by atoms with Crippen LogP contribution in [0.5, 0.6) is 0 Å². The Morgan fingerprint density at radius 3 is 2.42 bits per heavy atom. The van der Waals surface area contributed by atoms with Crippen LogP contribution in [0.25, 0.3) is 0 Å². The number of anilines is 1. The van der Waals surface area contributed by atoms with Gasteiger partial charge in [0.2, 0.25) is 5.91 Å². The topological polar surface area (TPSA) is 83.6 Å². The fourth-order valence-corrected chi connectivity index (χ4v) is 2.81. The molecule has 3 rings (SSSR count). The maximum absolute atomic E-state index is 12.9. The molecule has 1 aromatic heterocycles. The first-order valence-electron chi connectivity index (χ1n) is 8.76. The van der Waals surface area contributed by atoms with Gasteiger partial charge in [-0.3, -0.25) is 4.79 Å². The molecule has 0 saturated carbocycles. The summed E-state index contributed by atoms with van der Waals surface area (Å²) in [4.78, 5) is 12.9. The van der Waals surface area contributed by atoms with E-state index < -0.39 is 5.92 Å². The molecule has 134 valence electrons. The highest BCUT2D eigenvalue weighted by Crippen LogP contribution is 2.21. The number of tetrazole rings is 1. The van der Waals surface area contributed by atoms with E-state index >= 15 is 0 Å². The Morgan fingerprint density at radius 1 is 1.08 bits per heavy atom. The maximum atomic E-state index is 12.9. The van der Waals surface area contributed by atoms with Gasteiger partial charge in [-0.05, 0) is 61.1 Å². The SMILES string of the molecule is CCc1ccc(CC(C(=O)Nc2ccc(C)c(C)c2)c2nn[nH]n2)cc1. The van der Waals surface area contributed by atoms with Crippen LogP contribution in [0.15, 0.2) is 42.5 Å². The summed E-state index contributed by atoms with van der Waals surface area (Å²) < 4.78 is 0. The van der Waals surface area contributed by atoms with Gasteiger partial charge in [0.05, 0.1) is 0 Å². The minimum absolute atomic E-state index is 0.144. The molecule has 6 nitrogen and oxygen atoms in total. The van der Waals surface area contributed by atoms with Crippen molar-refractivity contribution in [2.75, 3.05) is 5.32 Å². The summed E-state index contributed by atoms with van der Waals surface area (Å²) in [5, 5.41) is 17.1. The van der Waals surface area contributed by atoms with Gasteiger partial charge in [0.25, 0.3) is 0 Å². The molecule has 0 aliphatic rings. The largest absolute Gasteiger partial charge is 0.325 e. The Morgan fingerprint density at radius 2 is 1.81 bits per heavy atom. The van der Waals surface area contributed by atoms with E-state index in [4.69, 9.17) is 0 Å². The molecule has 0 bridgehead atoms. The normalized spacial score (nSPS) is 12.0. The Hall–Kier alpha value is -3.02. The van der Waals surface area contributed by atoms with Gasteiger partial charge in [0, 0.05) is 5.69 Å². The van der Waals surface area contributed by atoms with E-state index in [0.717, 1.165) is 23.2 Å². The highest BCUT2D eigenvalue weighted by molar-refractivity contribution is 5.95. The van der Waals surface area contributed by atoms with E-state index in [0.29, 0.717) is 12.2 Å². The molecule has 26 heavy (non-hydrogen) atoms. The lowest BCUT2D eigenvalue weighted by molar-refractivity contribution is -0.117. The summed E-state index contributed by atoms with van der Waals surface area (Å²) >= 11 is 0. The van der Waals surface area contributed by atoms with Crippen molar-refractivity contribution < 1.29 is 4.79 Å². The summed E-state index contributed by atoms with van der Waals surface area (Å²) in [6, 6.07) is 14.1. The van der Waals surface area contributed by atoms with Crippen LogP contribution in [0.3, 0.4) is 0 Å². The molecule has 2 N–H and O–H groups in total. The van der Waals surface area contributed by atoms with E-state index in [1.807, 2.05) is 32.0 Å². The van der Waals surface area contributed by atoms with Gasteiger partial charge < -0.3 is 5.32 Å². The van der Waals surface area contributed by atoms with E-state index in [1.54, 1.807) is 0 Å². The van der Waals surface area contributed by atoms with Crippen LogP contribution in [0.1, 0.15) is 40.9 Å². The molecule has 0 aliphatic carbocycles. The first-order chi connectivity index (χ1) is 12.6. The van der Waals surface area contributed by atoms with Gasteiger partial charge in [-0.15, -0.1) is 10.2 Å². The van der Waals surface area contributed by atoms with Crippen LogP contribution >= 0.6 is 0 Å². The molecule has 1 atom stereocenters. The lowest BCUT2D eigenvalue weighted by Gasteiger charge is -2.15. The second kappa shape index (κ2) is 7.91. The number of nitrogens with one attached hydrogen (secondary N) is 2. The number of carbonyl (C=O) groups excluding carboxylic acids is 1. The average Bonchev–Trinajstić information content (AvgIpc) is 3.17. The van der Waals surface area contributed by atoms with Gasteiger partial charge in [-0.1, -0.05) is 42.5 Å². The summed E-state index contributed by atoms with van der Waals surface area (Å²) in [5.41, 5.74) is 5.42. The smallest absolute Gasteiger partial charge is 0.235 e. The van der Waals surface area contributed by atoms with Crippen LogP contribution in [-0.4, -0.2) is 26.5 Å². The van der Waals surface area contributed by atoms with Crippen molar-refractivity contribution in [3.05, 3.63) is 70.5 Å². The summed E-state index contributed by atoms with van der Waals surface area (Å²) in [6.45, 7) is 6.19. The highest BCUT2D eigenvalue weighted by atomic mass is 16.1. The van der Waals surface area contributed by atoms with E-state index in [-0.39, 0.29) is 5.91 Å². The van der Waals surface area contributed by atoms with Crippen LogP contribution in [0.4, 0.5) is 5.69 Å². The van der Waals surface area contributed by atoms with Crippen molar-refractivity contribution in [1.29, 1.82) is 0 Å². The van der Waals surface area contributed by atoms with Crippen molar-refractivity contribution in [1.82, 2.24) is 20.6 Å². The maximum Gasteiger partial charge on any atom is 0.235 e. The standard InChI is InChI=1S/C20H23N5O/c1-4-15-6-8-16(9-7-15)12-18(19-22-24-25-23-19)20(26)21-17-10-5-13(2)14(3)11-17/h5-11,18H,4,12H2,1-3H3,(H,21,26)(H,22,23,24,25). The highest BCUT2D eigenvalue weighted by Gasteiger charge is 2.25. The van der Waals surface area contributed by atoms with Crippen molar-refractivity contribution in [3.8, 4) is 0 Å².